The summed E-state index contributed by atoms with van der Waals surface area (Å²) in [5, 5.41) is 18.2. The summed E-state index contributed by atoms with van der Waals surface area (Å²) in [4.78, 5) is 14.8. The Bertz CT molecular complexity index is 248. The van der Waals surface area contributed by atoms with Gasteiger partial charge in [-0.1, -0.05) is 0 Å². The van der Waals surface area contributed by atoms with E-state index in [0.29, 0.717) is 18.9 Å². The second kappa shape index (κ2) is 6.93. The molecular formula is C12H24N2O3. The van der Waals surface area contributed by atoms with E-state index in [1.165, 1.54) is 6.42 Å². The Kier molecular flexibility index (Phi) is 5.88. The molecule has 1 aliphatic rings. The number of aliphatic hydroxyl groups is 1. The number of hydrogen-bond donors (Lipinski definition) is 2. The van der Waals surface area contributed by atoms with Gasteiger partial charge in [-0.25, -0.2) is 0 Å². The van der Waals surface area contributed by atoms with Gasteiger partial charge in [0.2, 0.25) is 0 Å². The van der Waals surface area contributed by atoms with Gasteiger partial charge in [0, 0.05) is 26.1 Å². The van der Waals surface area contributed by atoms with Gasteiger partial charge in [0.25, 0.3) is 0 Å². The van der Waals surface area contributed by atoms with Gasteiger partial charge < -0.3 is 20.0 Å². The van der Waals surface area contributed by atoms with Crippen molar-refractivity contribution in [2.75, 3.05) is 40.3 Å². The number of carboxylic acid groups (broad SMARTS) is 1. The van der Waals surface area contributed by atoms with Gasteiger partial charge in [-0.2, -0.15) is 0 Å². The van der Waals surface area contributed by atoms with E-state index in [9.17, 15) is 9.90 Å². The molecule has 2 unspecified atom stereocenters. The quantitative estimate of drug-likeness (QED) is 0.665. The number of aliphatic carboxylic acids is 1. The standard InChI is InChI=1S/C12H24N2O3/c1-13-6-5-10(7-13)8-14(2)9-11(15)3-4-12(16)17/h10-11,15H,3-9H2,1-2H3,(H,16,17). The number of likely N-dealkylation sites (N-methyl/N-ethyl adjacent to an activating group) is 1. The van der Waals surface area contributed by atoms with Gasteiger partial charge in [0.1, 0.15) is 0 Å². The number of aliphatic hydroxyl groups excluding tert-OH is 1. The lowest BCUT2D eigenvalue weighted by atomic mass is 10.1. The topological polar surface area (TPSA) is 64.0 Å². The first-order valence-corrected chi connectivity index (χ1v) is 6.24. The zero-order valence-electron chi connectivity index (χ0n) is 10.8. The fourth-order valence-electron chi connectivity index (χ4n) is 2.43. The minimum absolute atomic E-state index is 0.0428. The first-order chi connectivity index (χ1) is 7.97. The summed E-state index contributed by atoms with van der Waals surface area (Å²) >= 11 is 0. The van der Waals surface area contributed by atoms with Crippen LogP contribution in [0.4, 0.5) is 0 Å². The molecule has 0 bridgehead atoms. The van der Waals surface area contributed by atoms with Crippen molar-refractivity contribution >= 4 is 5.97 Å². The number of hydrogen-bond acceptors (Lipinski definition) is 4. The van der Waals surface area contributed by atoms with Crippen LogP contribution in [0.5, 0.6) is 0 Å². The van der Waals surface area contributed by atoms with Gasteiger partial charge in [-0.15, -0.1) is 0 Å². The van der Waals surface area contributed by atoms with E-state index in [1.54, 1.807) is 0 Å². The highest BCUT2D eigenvalue weighted by Gasteiger charge is 2.21. The monoisotopic (exact) mass is 244 g/mol. The fourth-order valence-corrected chi connectivity index (χ4v) is 2.43. The molecule has 5 heteroatoms. The Morgan fingerprint density at radius 1 is 1.59 bits per heavy atom. The number of rotatable bonds is 7. The first-order valence-electron chi connectivity index (χ1n) is 6.24. The van der Waals surface area contributed by atoms with Gasteiger partial charge in [0.05, 0.1) is 6.10 Å². The van der Waals surface area contributed by atoms with E-state index in [4.69, 9.17) is 5.11 Å². The zero-order chi connectivity index (χ0) is 12.8. The molecular weight excluding hydrogens is 220 g/mol. The van der Waals surface area contributed by atoms with Crippen LogP contribution >= 0.6 is 0 Å². The highest BCUT2D eigenvalue weighted by atomic mass is 16.4. The van der Waals surface area contributed by atoms with Crippen LogP contribution < -0.4 is 0 Å². The molecule has 0 radical (unpaired) electrons. The number of carboxylic acids is 1. The van der Waals surface area contributed by atoms with Crippen molar-refractivity contribution in [1.82, 2.24) is 9.80 Å². The zero-order valence-corrected chi connectivity index (χ0v) is 10.8. The van der Waals surface area contributed by atoms with Gasteiger partial charge >= 0.3 is 5.97 Å². The molecule has 0 aliphatic carbocycles. The summed E-state index contributed by atoms with van der Waals surface area (Å²) < 4.78 is 0. The maximum Gasteiger partial charge on any atom is 0.303 e. The summed E-state index contributed by atoms with van der Waals surface area (Å²) in [6.45, 7) is 3.82. The number of likely N-dealkylation sites (tertiary alicyclic amines) is 1. The van der Waals surface area contributed by atoms with Crippen LogP contribution in [-0.2, 0) is 4.79 Å². The van der Waals surface area contributed by atoms with E-state index in [-0.39, 0.29) is 6.42 Å². The highest BCUT2D eigenvalue weighted by molar-refractivity contribution is 5.66. The van der Waals surface area contributed by atoms with Crippen LogP contribution in [0.2, 0.25) is 0 Å². The van der Waals surface area contributed by atoms with Crippen LogP contribution in [0.25, 0.3) is 0 Å². The van der Waals surface area contributed by atoms with E-state index in [0.717, 1.165) is 19.6 Å². The molecule has 1 saturated heterocycles. The molecule has 1 heterocycles. The maximum absolute atomic E-state index is 10.4. The second-order valence-corrected chi connectivity index (χ2v) is 5.22. The smallest absolute Gasteiger partial charge is 0.303 e. The average molecular weight is 244 g/mol. The molecule has 5 nitrogen and oxygen atoms in total. The predicted octanol–water partition coefficient (Wildman–Crippen LogP) is 0.0956. The van der Waals surface area contributed by atoms with Crippen molar-refractivity contribution in [1.29, 1.82) is 0 Å². The van der Waals surface area contributed by atoms with Crippen LogP contribution in [0.3, 0.4) is 0 Å². The number of carbonyl (C=O) groups is 1. The summed E-state index contributed by atoms with van der Waals surface area (Å²) in [6.07, 6.45) is 1.06. The van der Waals surface area contributed by atoms with Crippen LogP contribution in [0, 0.1) is 5.92 Å². The van der Waals surface area contributed by atoms with Crippen molar-refractivity contribution in [3.8, 4) is 0 Å². The third-order valence-corrected chi connectivity index (χ3v) is 3.27. The summed E-state index contributed by atoms with van der Waals surface area (Å²) in [7, 11) is 4.12. The van der Waals surface area contributed by atoms with Crippen molar-refractivity contribution in [3.05, 3.63) is 0 Å². The third kappa shape index (κ3) is 6.00. The molecule has 0 aromatic rings. The fraction of sp³-hybridized carbons (Fsp3) is 0.917. The minimum atomic E-state index is -0.843. The molecule has 2 N–H and O–H groups in total. The van der Waals surface area contributed by atoms with E-state index in [1.807, 2.05) is 7.05 Å². The maximum atomic E-state index is 10.4. The molecule has 0 amide bonds. The van der Waals surface area contributed by atoms with Crippen molar-refractivity contribution in [2.24, 2.45) is 5.92 Å². The largest absolute Gasteiger partial charge is 0.481 e. The second-order valence-electron chi connectivity index (χ2n) is 5.22. The predicted molar refractivity (Wildman–Crippen MR) is 66.0 cm³/mol. The lowest BCUT2D eigenvalue weighted by Gasteiger charge is -2.23. The van der Waals surface area contributed by atoms with Gasteiger partial charge in [0.15, 0.2) is 0 Å². The van der Waals surface area contributed by atoms with Gasteiger partial charge in [-0.05, 0) is 39.4 Å². The molecule has 0 saturated carbocycles. The van der Waals surface area contributed by atoms with Crippen LogP contribution in [-0.4, -0.2) is 72.4 Å². The molecule has 17 heavy (non-hydrogen) atoms. The van der Waals surface area contributed by atoms with E-state index >= 15 is 0 Å². The summed E-state index contributed by atoms with van der Waals surface area (Å²) in [5.41, 5.74) is 0. The van der Waals surface area contributed by atoms with Crippen LogP contribution in [0.15, 0.2) is 0 Å². The summed E-state index contributed by atoms with van der Waals surface area (Å²) in [5.74, 6) is -0.166. The minimum Gasteiger partial charge on any atom is -0.481 e. The molecule has 2 atom stereocenters. The Labute approximate surface area is 103 Å². The average Bonchev–Trinajstić information content (AvgIpc) is 2.60. The lowest BCUT2D eigenvalue weighted by molar-refractivity contribution is -0.137. The molecule has 0 aromatic carbocycles. The molecule has 1 fully saturated rings. The highest BCUT2D eigenvalue weighted by Crippen LogP contribution is 2.15. The van der Waals surface area contributed by atoms with Crippen molar-refractivity contribution in [2.45, 2.75) is 25.4 Å². The lowest BCUT2D eigenvalue weighted by Crippen LogP contribution is -2.34. The number of nitrogens with zero attached hydrogens (tertiary/aromatic N) is 2. The summed E-state index contributed by atoms with van der Waals surface area (Å²) in [6, 6.07) is 0. The Morgan fingerprint density at radius 3 is 2.82 bits per heavy atom. The Hall–Kier alpha value is -0.650. The molecule has 0 spiro atoms. The molecule has 100 valence electrons. The third-order valence-electron chi connectivity index (χ3n) is 3.27. The first kappa shape index (κ1) is 14.4. The van der Waals surface area contributed by atoms with Crippen molar-refractivity contribution < 1.29 is 15.0 Å². The normalized spacial score (nSPS) is 23.2. The van der Waals surface area contributed by atoms with Crippen LogP contribution in [0.1, 0.15) is 19.3 Å². The van der Waals surface area contributed by atoms with E-state index in [2.05, 4.69) is 16.8 Å². The SMILES string of the molecule is CN1CCC(CN(C)CC(O)CCC(=O)O)C1. The molecule has 1 rings (SSSR count). The molecule has 1 aliphatic heterocycles. The van der Waals surface area contributed by atoms with Crippen molar-refractivity contribution in [3.63, 3.8) is 0 Å². The molecule has 0 aromatic heterocycles. The Morgan fingerprint density at radius 2 is 2.29 bits per heavy atom. The van der Waals surface area contributed by atoms with Gasteiger partial charge in [-0.3, -0.25) is 4.79 Å². The van der Waals surface area contributed by atoms with E-state index < -0.39 is 12.1 Å². The Balaban J connectivity index is 2.15.